The van der Waals surface area contributed by atoms with Crippen LogP contribution in [0.5, 0.6) is 0 Å². The van der Waals surface area contributed by atoms with Gasteiger partial charge in [-0.3, -0.25) is 0 Å². The maximum Gasteiger partial charge on any atom is 0.164 e. The average molecular weight is 894 g/mol. The molecule has 3 nitrogen and oxygen atoms in total. The van der Waals surface area contributed by atoms with Gasteiger partial charge < -0.3 is 0 Å². The van der Waals surface area contributed by atoms with Crippen LogP contribution in [0.15, 0.2) is 249 Å². The molecule has 0 atom stereocenters. The first-order valence-corrected chi connectivity index (χ1v) is 24.2. The SMILES string of the molecule is CC1(C)c2ccccc2C2(c3ccccc3-c3c(-c4nc(-c5cc(-c6ccccc6)cc(-c6ccccc6)c5)nc(-c5cc(-c6ccccc6)cc(-c6ccccc6)c5)n4)cccc32)c2ccccc21. The summed E-state index contributed by atoms with van der Waals surface area (Å²) in [5.74, 6) is 1.84. The lowest BCUT2D eigenvalue weighted by Gasteiger charge is -2.46. The van der Waals surface area contributed by atoms with Gasteiger partial charge in [-0.25, -0.2) is 15.0 Å². The Morgan fingerprint density at radius 1 is 0.243 bits per heavy atom. The molecule has 3 heteroatoms. The number of fused-ring (bicyclic) bond motifs is 9. The fourth-order valence-corrected chi connectivity index (χ4v) is 11.6. The van der Waals surface area contributed by atoms with Gasteiger partial charge in [0.25, 0.3) is 0 Å². The molecule has 0 fully saturated rings. The summed E-state index contributed by atoms with van der Waals surface area (Å²) in [5, 5.41) is 0. The molecule has 2 aliphatic rings. The van der Waals surface area contributed by atoms with Crippen LogP contribution in [0.3, 0.4) is 0 Å². The minimum Gasteiger partial charge on any atom is -0.208 e. The Kier molecular flexibility index (Phi) is 9.74. The molecule has 2 aliphatic carbocycles. The first-order chi connectivity index (χ1) is 34.4. The third-order valence-electron chi connectivity index (χ3n) is 14.8. The van der Waals surface area contributed by atoms with Crippen molar-refractivity contribution in [3.8, 4) is 89.8 Å². The van der Waals surface area contributed by atoms with Crippen molar-refractivity contribution in [1.29, 1.82) is 0 Å². The Bertz CT molecular complexity index is 3470. The molecule has 0 saturated carbocycles. The monoisotopic (exact) mass is 893 g/mol. The van der Waals surface area contributed by atoms with E-state index in [2.05, 4.69) is 263 Å². The van der Waals surface area contributed by atoms with Gasteiger partial charge in [-0.15, -0.1) is 0 Å². The van der Waals surface area contributed by atoms with Crippen LogP contribution < -0.4 is 0 Å². The lowest BCUT2D eigenvalue weighted by atomic mass is 9.55. The zero-order valence-corrected chi connectivity index (χ0v) is 39.0. The van der Waals surface area contributed by atoms with Gasteiger partial charge in [-0.1, -0.05) is 226 Å². The highest BCUT2D eigenvalue weighted by Crippen LogP contribution is 2.63. The van der Waals surface area contributed by atoms with Gasteiger partial charge in [0, 0.05) is 22.1 Å². The van der Waals surface area contributed by atoms with Crippen LogP contribution >= 0.6 is 0 Å². The molecule has 0 radical (unpaired) electrons. The van der Waals surface area contributed by atoms with Crippen molar-refractivity contribution in [1.82, 2.24) is 15.0 Å². The van der Waals surface area contributed by atoms with Crippen LogP contribution in [0.1, 0.15) is 47.2 Å². The lowest BCUT2D eigenvalue weighted by molar-refractivity contribution is 0.563. The summed E-state index contributed by atoms with van der Waals surface area (Å²) in [7, 11) is 0. The van der Waals surface area contributed by atoms with Gasteiger partial charge >= 0.3 is 0 Å². The summed E-state index contributed by atoms with van der Waals surface area (Å²) in [6.45, 7) is 4.74. The van der Waals surface area contributed by atoms with E-state index in [0.717, 1.165) is 66.8 Å². The Labute approximate surface area is 409 Å². The Morgan fingerprint density at radius 2 is 0.557 bits per heavy atom. The maximum absolute atomic E-state index is 5.60. The number of benzene rings is 10. The van der Waals surface area contributed by atoms with Crippen LogP contribution in [-0.4, -0.2) is 15.0 Å². The fourth-order valence-electron chi connectivity index (χ4n) is 11.6. The standard InChI is InChI=1S/C67H47N3/c1-66(2)57-33-17-19-35-59(57)67(60-36-20-18-34-58(60)66)56-32-16-15-30-54(56)62-55(31-21-37-61(62)67)65-69-63(52-40-48(44-22-7-3-8-23-44)38-49(41-52)45-24-9-4-10-25-45)68-64(70-65)53-42-50(46-26-11-5-12-27-46)39-51(43-53)47-28-13-6-14-29-47/h3-43H,1-2H3. The summed E-state index contributed by atoms with van der Waals surface area (Å²) < 4.78 is 0. The quantitative estimate of drug-likeness (QED) is 0.160. The molecule has 11 aromatic rings. The van der Waals surface area contributed by atoms with E-state index in [-0.39, 0.29) is 5.41 Å². The van der Waals surface area contributed by atoms with Gasteiger partial charge in [0.2, 0.25) is 0 Å². The second-order valence-corrected chi connectivity index (χ2v) is 19.1. The molecule has 0 saturated heterocycles. The highest BCUT2D eigenvalue weighted by molar-refractivity contribution is 5.96. The van der Waals surface area contributed by atoms with Crippen LogP contribution in [0.25, 0.3) is 89.8 Å². The highest BCUT2D eigenvalue weighted by atomic mass is 15.0. The largest absolute Gasteiger partial charge is 0.208 e. The van der Waals surface area contributed by atoms with Crippen molar-refractivity contribution < 1.29 is 0 Å². The molecule has 330 valence electrons. The Balaban J connectivity index is 1.11. The molecule has 1 heterocycles. The Morgan fingerprint density at radius 3 is 0.986 bits per heavy atom. The first kappa shape index (κ1) is 41.4. The summed E-state index contributed by atoms with van der Waals surface area (Å²) in [6, 6.07) is 89.8. The van der Waals surface area contributed by atoms with Crippen LogP contribution in [0.2, 0.25) is 0 Å². The number of aromatic nitrogens is 3. The van der Waals surface area contributed by atoms with E-state index in [0.29, 0.717) is 17.5 Å². The normalized spacial score (nSPS) is 13.5. The van der Waals surface area contributed by atoms with Gasteiger partial charge in [0.1, 0.15) is 0 Å². The molecule has 0 unspecified atom stereocenters. The number of nitrogens with zero attached hydrogens (tertiary/aromatic N) is 3. The lowest BCUT2D eigenvalue weighted by Crippen LogP contribution is -2.40. The number of rotatable bonds is 7. The van der Waals surface area contributed by atoms with Crippen molar-refractivity contribution >= 4 is 0 Å². The van der Waals surface area contributed by atoms with E-state index in [1.807, 2.05) is 0 Å². The van der Waals surface area contributed by atoms with E-state index >= 15 is 0 Å². The molecule has 0 bridgehead atoms. The first-order valence-electron chi connectivity index (χ1n) is 24.2. The van der Waals surface area contributed by atoms with Crippen molar-refractivity contribution in [2.75, 3.05) is 0 Å². The zero-order chi connectivity index (χ0) is 46.8. The van der Waals surface area contributed by atoms with E-state index in [9.17, 15) is 0 Å². The minimum absolute atomic E-state index is 0.203. The van der Waals surface area contributed by atoms with Gasteiger partial charge in [0.05, 0.1) is 5.41 Å². The zero-order valence-electron chi connectivity index (χ0n) is 39.0. The van der Waals surface area contributed by atoms with Gasteiger partial charge in [-0.05, 0) is 125 Å². The van der Waals surface area contributed by atoms with Crippen LogP contribution in [0, 0.1) is 0 Å². The number of hydrogen-bond acceptors (Lipinski definition) is 3. The fraction of sp³-hybridized carbons (Fsp3) is 0.0597. The van der Waals surface area contributed by atoms with Crippen molar-refractivity contribution in [3.63, 3.8) is 0 Å². The van der Waals surface area contributed by atoms with Crippen molar-refractivity contribution in [2.45, 2.75) is 24.7 Å². The summed E-state index contributed by atoms with van der Waals surface area (Å²) in [4.78, 5) is 16.7. The smallest absolute Gasteiger partial charge is 0.164 e. The minimum atomic E-state index is -0.563. The van der Waals surface area contributed by atoms with Gasteiger partial charge in [-0.2, -0.15) is 0 Å². The van der Waals surface area contributed by atoms with Crippen LogP contribution in [-0.2, 0) is 10.8 Å². The third kappa shape index (κ3) is 6.61. The molecule has 10 aromatic carbocycles. The topological polar surface area (TPSA) is 38.7 Å². The predicted octanol–water partition coefficient (Wildman–Crippen LogP) is 16.5. The summed E-state index contributed by atoms with van der Waals surface area (Å²) >= 11 is 0. The summed E-state index contributed by atoms with van der Waals surface area (Å²) in [6.07, 6.45) is 0. The third-order valence-corrected chi connectivity index (χ3v) is 14.8. The van der Waals surface area contributed by atoms with Gasteiger partial charge in [0.15, 0.2) is 17.5 Å². The molecule has 0 N–H and O–H groups in total. The molecule has 1 aromatic heterocycles. The predicted molar refractivity (Wildman–Crippen MR) is 287 cm³/mol. The van der Waals surface area contributed by atoms with Crippen LogP contribution in [0.4, 0.5) is 0 Å². The highest BCUT2D eigenvalue weighted by Gasteiger charge is 2.53. The summed E-state index contributed by atoms with van der Waals surface area (Å²) in [5.41, 5.74) is 21.0. The molecule has 0 amide bonds. The molecule has 0 aliphatic heterocycles. The van der Waals surface area contributed by atoms with E-state index < -0.39 is 5.41 Å². The molecule has 13 rings (SSSR count). The molecule has 1 spiro atoms. The van der Waals surface area contributed by atoms with Crippen molar-refractivity contribution in [3.05, 3.63) is 282 Å². The van der Waals surface area contributed by atoms with Crippen molar-refractivity contribution in [2.24, 2.45) is 0 Å². The molecular weight excluding hydrogens is 847 g/mol. The second-order valence-electron chi connectivity index (χ2n) is 19.1. The van der Waals surface area contributed by atoms with E-state index in [1.165, 1.54) is 38.9 Å². The average Bonchev–Trinajstić information content (AvgIpc) is 3.74. The van der Waals surface area contributed by atoms with E-state index in [1.54, 1.807) is 0 Å². The molecular formula is C67H47N3. The maximum atomic E-state index is 5.60. The number of hydrogen-bond donors (Lipinski definition) is 0. The Hall–Kier alpha value is -8.79. The van der Waals surface area contributed by atoms with E-state index in [4.69, 9.17) is 15.0 Å². The molecule has 70 heavy (non-hydrogen) atoms. The second kappa shape index (κ2) is 16.5.